The first-order chi connectivity index (χ1) is 8.85. The highest BCUT2D eigenvalue weighted by molar-refractivity contribution is 7.17. The Morgan fingerprint density at radius 1 is 1.17 bits per heavy atom. The molecule has 0 spiro atoms. The predicted octanol–water partition coefficient (Wildman–Crippen LogP) is 3.91. The molecular formula is C14H9N3S. The number of nitriles is 1. The van der Waals surface area contributed by atoms with E-state index >= 15 is 0 Å². The summed E-state index contributed by atoms with van der Waals surface area (Å²) in [6.07, 6.45) is 1.56. The van der Waals surface area contributed by atoms with Crippen molar-refractivity contribution < 1.29 is 0 Å². The highest BCUT2D eigenvalue weighted by Gasteiger charge is 1.99. The number of benzene rings is 1. The van der Waals surface area contributed by atoms with Crippen LogP contribution >= 0.6 is 11.3 Å². The minimum atomic E-state index is 0.564. The number of thiophene rings is 1. The molecule has 0 bridgehead atoms. The van der Waals surface area contributed by atoms with Crippen molar-refractivity contribution in [1.29, 1.82) is 5.26 Å². The second-order valence-corrected chi connectivity index (χ2v) is 4.79. The van der Waals surface area contributed by atoms with Gasteiger partial charge in [0.15, 0.2) is 0 Å². The van der Waals surface area contributed by atoms with E-state index in [-0.39, 0.29) is 0 Å². The molecule has 4 heteroatoms. The molecule has 1 aromatic carbocycles. The summed E-state index contributed by atoms with van der Waals surface area (Å²) in [5.74, 6) is 0.739. The number of fused-ring (bicyclic) bond motifs is 1. The molecule has 0 saturated heterocycles. The Kier molecular flexibility index (Phi) is 2.67. The molecule has 0 aliphatic heterocycles. The molecule has 1 N–H and O–H groups in total. The lowest BCUT2D eigenvalue weighted by atomic mass is 10.2. The van der Waals surface area contributed by atoms with Crippen molar-refractivity contribution in [2.75, 3.05) is 5.32 Å². The molecule has 0 radical (unpaired) electrons. The molecule has 0 amide bonds. The molecule has 0 atom stereocenters. The predicted molar refractivity (Wildman–Crippen MR) is 74.1 cm³/mol. The molecule has 0 fully saturated rings. The number of hydrogen-bond donors (Lipinski definition) is 1. The van der Waals surface area contributed by atoms with Crippen molar-refractivity contribution in [3.8, 4) is 6.07 Å². The van der Waals surface area contributed by atoms with Gasteiger partial charge in [-0.25, -0.2) is 4.98 Å². The minimum Gasteiger partial charge on any atom is -0.340 e. The maximum absolute atomic E-state index is 8.70. The van der Waals surface area contributed by atoms with Gasteiger partial charge in [-0.15, -0.1) is 11.3 Å². The fraction of sp³-hybridized carbons (Fsp3) is 0. The summed E-state index contributed by atoms with van der Waals surface area (Å²) < 4.78 is 1.27. The quantitative estimate of drug-likeness (QED) is 0.751. The molecule has 0 unspecified atom stereocenters. The van der Waals surface area contributed by atoms with Crippen molar-refractivity contribution in [3.63, 3.8) is 0 Å². The zero-order valence-corrected chi connectivity index (χ0v) is 10.2. The highest BCUT2D eigenvalue weighted by Crippen LogP contribution is 2.25. The van der Waals surface area contributed by atoms with Crippen LogP contribution in [0.4, 0.5) is 11.5 Å². The van der Waals surface area contributed by atoms with Gasteiger partial charge in [0, 0.05) is 16.6 Å². The Morgan fingerprint density at radius 2 is 2.11 bits per heavy atom. The van der Waals surface area contributed by atoms with E-state index in [1.807, 2.05) is 12.1 Å². The van der Waals surface area contributed by atoms with Crippen LogP contribution in [0.3, 0.4) is 0 Å². The minimum absolute atomic E-state index is 0.564. The number of aromatic nitrogens is 1. The number of nitrogens with zero attached hydrogens (tertiary/aromatic N) is 2. The van der Waals surface area contributed by atoms with Gasteiger partial charge in [-0.05, 0) is 47.2 Å². The Labute approximate surface area is 108 Å². The van der Waals surface area contributed by atoms with E-state index in [9.17, 15) is 0 Å². The van der Waals surface area contributed by atoms with Crippen molar-refractivity contribution in [3.05, 3.63) is 53.5 Å². The summed E-state index contributed by atoms with van der Waals surface area (Å²) in [6, 6.07) is 13.9. The molecular weight excluding hydrogens is 242 g/mol. The normalized spacial score (nSPS) is 10.2. The van der Waals surface area contributed by atoms with E-state index in [0.717, 1.165) is 11.5 Å². The van der Waals surface area contributed by atoms with E-state index in [2.05, 4.69) is 33.9 Å². The molecule has 18 heavy (non-hydrogen) atoms. The van der Waals surface area contributed by atoms with Crippen LogP contribution in [-0.2, 0) is 0 Å². The van der Waals surface area contributed by atoms with Crippen molar-refractivity contribution >= 4 is 32.9 Å². The van der Waals surface area contributed by atoms with Crippen LogP contribution in [0.1, 0.15) is 5.56 Å². The van der Waals surface area contributed by atoms with Gasteiger partial charge < -0.3 is 5.32 Å². The molecule has 2 aromatic heterocycles. The van der Waals surface area contributed by atoms with E-state index in [4.69, 9.17) is 5.26 Å². The van der Waals surface area contributed by atoms with Crippen LogP contribution in [0, 0.1) is 11.3 Å². The fourth-order valence-corrected chi connectivity index (χ4v) is 2.50. The summed E-state index contributed by atoms with van der Waals surface area (Å²) in [6.45, 7) is 0. The van der Waals surface area contributed by atoms with Crippen LogP contribution in [-0.4, -0.2) is 4.98 Å². The maximum atomic E-state index is 8.70. The average Bonchev–Trinajstić information content (AvgIpc) is 2.87. The fourth-order valence-electron chi connectivity index (χ4n) is 1.73. The van der Waals surface area contributed by atoms with Crippen LogP contribution in [0.2, 0.25) is 0 Å². The number of hydrogen-bond acceptors (Lipinski definition) is 4. The molecule has 2 heterocycles. The van der Waals surface area contributed by atoms with E-state index < -0.39 is 0 Å². The van der Waals surface area contributed by atoms with Gasteiger partial charge in [-0.2, -0.15) is 5.26 Å². The summed E-state index contributed by atoms with van der Waals surface area (Å²) in [5.41, 5.74) is 1.56. The molecule has 3 nitrogen and oxygen atoms in total. The van der Waals surface area contributed by atoms with Gasteiger partial charge in [0.1, 0.15) is 11.9 Å². The van der Waals surface area contributed by atoms with Crippen molar-refractivity contribution in [2.45, 2.75) is 0 Å². The van der Waals surface area contributed by atoms with Crippen molar-refractivity contribution in [1.82, 2.24) is 4.98 Å². The lowest BCUT2D eigenvalue weighted by Gasteiger charge is -2.05. The van der Waals surface area contributed by atoms with E-state index in [0.29, 0.717) is 5.56 Å². The summed E-state index contributed by atoms with van der Waals surface area (Å²) in [7, 11) is 0. The Morgan fingerprint density at radius 3 is 2.89 bits per heavy atom. The molecule has 0 saturated carbocycles. The Hall–Kier alpha value is -2.38. The highest BCUT2D eigenvalue weighted by atomic mass is 32.1. The van der Waals surface area contributed by atoms with Gasteiger partial charge >= 0.3 is 0 Å². The van der Waals surface area contributed by atoms with Gasteiger partial charge in [0.05, 0.1) is 5.56 Å². The van der Waals surface area contributed by atoms with Crippen LogP contribution in [0.15, 0.2) is 48.0 Å². The molecule has 3 aromatic rings. The monoisotopic (exact) mass is 251 g/mol. The lowest BCUT2D eigenvalue weighted by Crippen LogP contribution is -1.93. The number of anilines is 2. The van der Waals surface area contributed by atoms with E-state index in [1.165, 1.54) is 10.1 Å². The number of rotatable bonds is 2. The van der Waals surface area contributed by atoms with Crippen molar-refractivity contribution in [2.24, 2.45) is 0 Å². The first-order valence-corrected chi connectivity index (χ1v) is 6.33. The standard InChI is InChI=1S/C14H9N3S/c15-8-10-1-4-14(16-9-10)17-12-2-3-13-11(7-12)5-6-18-13/h1-7,9H,(H,16,17). The summed E-state index contributed by atoms with van der Waals surface area (Å²) in [4.78, 5) is 4.18. The van der Waals surface area contributed by atoms with E-state index in [1.54, 1.807) is 29.7 Å². The average molecular weight is 251 g/mol. The number of pyridine rings is 1. The Bertz CT molecular complexity index is 723. The SMILES string of the molecule is N#Cc1ccc(Nc2ccc3sccc3c2)nc1. The zero-order valence-electron chi connectivity index (χ0n) is 9.42. The zero-order chi connectivity index (χ0) is 12.4. The van der Waals surface area contributed by atoms with Crippen LogP contribution in [0.25, 0.3) is 10.1 Å². The third kappa shape index (κ3) is 2.04. The van der Waals surface area contributed by atoms with Crippen LogP contribution < -0.4 is 5.32 Å². The molecule has 0 aliphatic rings. The molecule has 3 rings (SSSR count). The van der Waals surface area contributed by atoms with Crippen LogP contribution in [0.5, 0.6) is 0 Å². The van der Waals surface area contributed by atoms with Gasteiger partial charge in [-0.1, -0.05) is 0 Å². The van der Waals surface area contributed by atoms with Gasteiger partial charge in [0.25, 0.3) is 0 Å². The smallest absolute Gasteiger partial charge is 0.130 e. The topological polar surface area (TPSA) is 48.7 Å². The largest absolute Gasteiger partial charge is 0.340 e. The summed E-state index contributed by atoms with van der Waals surface area (Å²) >= 11 is 1.73. The third-order valence-electron chi connectivity index (χ3n) is 2.62. The number of nitrogens with one attached hydrogen (secondary N) is 1. The van der Waals surface area contributed by atoms with Gasteiger partial charge in [0.2, 0.25) is 0 Å². The molecule has 86 valence electrons. The first kappa shape index (κ1) is 10.8. The second kappa shape index (κ2) is 4.47. The first-order valence-electron chi connectivity index (χ1n) is 5.45. The maximum Gasteiger partial charge on any atom is 0.130 e. The Balaban J connectivity index is 1.88. The third-order valence-corrected chi connectivity index (χ3v) is 3.52. The summed E-state index contributed by atoms with van der Waals surface area (Å²) in [5, 5.41) is 15.2. The second-order valence-electron chi connectivity index (χ2n) is 3.84. The van der Waals surface area contributed by atoms with Gasteiger partial charge in [-0.3, -0.25) is 0 Å². The molecule has 0 aliphatic carbocycles. The lowest BCUT2D eigenvalue weighted by molar-refractivity contribution is 1.29.